The predicted molar refractivity (Wildman–Crippen MR) is 86.4 cm³/mol. The van der Waals surface area contributed by atoms with Crippen LogP contribution in [0.15, 0.2) is 24.3 Å². The topological polar surface area (TPSA) is 83.3 Å². The molecule has 118 valence electrons. The first-order valence-corrected chi connectivity index (χ1v) is 7.62. The van der Waals surface area contributed by atoms with Gasteiger partial charge in [-0.2, -0.15) is 4.98 Å². The Morgan fingerprint density at radius 3 is 2.77 bits per heavy atom. The number of rotatable bonds is 5. The molecule has 8 heteroatoms. The van der Waals surface area contributed by atoms with Crippen LogP contribution in [0.4, 0.5) is 11.9 Å². The SMILES string of the molecule is Nc1n[nH]c(N2CCN(CCOc3cccc(Cl)c3)CC2)n1. The van der Waals surface area contributed by atoms with Crippen LogP contribution >= 0.6 is 11.6 Å². The molecule has 0 saturated carbocycles. The van der Waals surface area contributed by atoms with E-state index in [9.17, 15) is 0 Å². The molecule has 0 aliphatic carbocycles. The minimum atomic E-state index is 0.285. The number of hydrogen-bond acceptors (Lipinski definition) is 6. The first kappa shape index (κ1) is 14.9. The number of piperazine rings is 1. The van der Waals surface area contributed by atoms with Gasteiger partial charge in [0.2, 0.25) is 11.9 Å². The fraction of sp³-hybridized carbons (Fsp3) is 0.429. The molecule has 7 nitrogen and oxygen atoms in total. The summed E-state index contributed by atoms with van der Waals surface area (Å²) in [6.45, 7) is 5.24. The molecule has 0 spiro atoms. The minimum Gasteiger partial charge on any atom is -0.492 e. The van der Waals surface area contributed by atoms with Crippen molar-refractivity contribution in [3.63, 3.8) is 0 Å². The van der Waals surface area contributed by atoms with Crippen molar-refractivity contribution in [1.29, 1.82) is 0 Å². The fourth-order valence-corrected chi connectivity index (χ4v) is 2.62. The third kappa shape index (κ3) is 3.80. The first-order chi connectivity index (χ1) is 10.7. The van der Waals surface area contributed by atoms with Gasteiger partial charge in [0.05, 0.1) is 0 Å². The number of nitrogens with two attached hydrogens (primary N) is 1. The molecule has 0 atom stereocenters. The highest BCUT2D eigenvalue weighted by Crippen LogP contribution is 2.17. The highest BCUT2D eigenvalue weighted by atomic mass is 35.5. The maximum atomic E-state index is 5.93. The Balaban J connectivity index is 1.40. The monoisotopic (exact) mass is 322 g/mol. The second-order valence-electron chi connectivity index (χ2n) is 5.15. The van der Waals surface area contributed by atoms with Gasteiger partial charge in [-0.25, -0.2) is 5.10 Å². The van der Waals surface area contributed by atoms with Gasteiger partial charge in [0.1, 0.15) is 12.4 Å². The van der Waals surface area contributed by atoms with Crippen LogP contribution in [-0.4, -0.2) is 59.4 Å². The number of halogens is 1. The summed E-state index contributed by atoms with van der Waals surface area (Å²) < 4.78 is 5.72. The lowest BCUT2D eigenvalue weighted by molar-refractivity contribution is 0.200. The van der Waals surface area contributed by atoms with Gasteiger partial charge in [0.25, 0.3) is 0 Å². The minimum absolute atomic E-state index is 0.285. The predicted octanol–water partition coefficient (Wildman–Crippen LogP) is 1.24. The van der Waals surface area contributed by atoms with Crippen molar-refractivity contribution in [2.45, 2.75) is 0 Å². The number of nitrogens with zero attached hydrogens (tertiary/aromatic N) is 4. The van der Waals surface area contributed by atoms with Crippen LogP contribution in [0.1, 0.15) is 0 Å². The van der Waals surface area contributed by atoms with Gasteiger partial charge in [0, 0.05) is 37.7 Å². The molecule has 0 amide bonds. The van der Waals surface area contributed by atoms with Crippen LogP contribution in [-0.2, 0) is 0 Å². The Hall–Kier alpha value is -1.99. The number of benzene rings is 1. The lowest BCUT2D eigenvalue weighted by Gasteiger charge is -2.34. The molecule has 0 radical (unpaired) electrons. The molecule has 3 N–H and O–H groups in total. The zero-order valence-corrected chi connectivity index (χ0v) is 13.0. The Morgan fingerprint density at radius 1 is 1.27 bits per heavy atom. The molecular weight excluding hydrogens is 304 g/mol. The van der Waals surface area contributed by atoms with Crippen molar-refractivity contribution in [2.75, 3.05) is 50.0 Å². The molecule has 1 aromatic carbocycles. The summed E-state index contributed by atoms with van der Waals surface area (Å²) in [5, 5.41) is 7.39. The number of nitrogen functional groups attached to an aromatic ring is 1. The Morgan fingerprint density at radius 2 is 2.09 bits per heavy atom. The highest BCUT2D eigenvalue weighted by molar-refractivity contribution is 6.30. The molecule has 0 unspecified atom stereocenters. The van der Waals surface area contributed by atoms with Crippen molar-refractivity contribution in [1.82, 2.24) is 20.1 Å². The summed E-state index contributed by atoms with van der Waals surface area (Å²) in [6, 6.07) is 7.47. The molecule has 2 heterocycles. The Bertz CT molecular complexity index is 611. The number of aromatic amines is 1. The molecule has 0 bridgehead atoms. The number of hydrogen-bond donors (Lipinski definition) is 2. The van der Waals surface area contributed by atoms with E-state index in [1.807, 2.05) is 24.3 Å². The van der Waals surface area contributed by atoms with Crippen molar-refractivity contribution in [3.05, 3.63) is 29.3 Å². The van der Waals surface area contributed by atoms with Crippen LogP contribution in [0.3, 0.4) is 0 Å². The van der Waals surface area contributed by atoms with Gasteiger partial charge in [-0.15, -0.1) is 5.10 Å². The highest BCUT2D eigenvalue weighted by Gasteiger charge is 2.19. The average Bonchev–Trinajstić information content (AvgIpc) is 2.95. The van der Waals surface area contributed by atoms with Gasteiger partial charge < -0.3 is 15.4 Å². The second-order valence-corrected chi connectivity index (χ2v) is 5.59. The third-order valence-electron chi connectivity index (χ3n) is 3.64. The van der Waals surface area contributed by atoms with Gasteiger partial charge in [-0.1, -0.05) is 17.7 Å². The van der Waals surface area contributed by atoms with E-state index < -0.39 is 0 Å². The summed E-state index contributed by atoms with van der Waals surface area (Å²) in [5.41, 5.74) is 5.53. The molecular formula is C14H19ClN6O. The molecule has 1 fully saturated rings. The van der Waals surface area contributed by atoms with E-state index in [1.54, 1.807) is 0 Å². The molecule has 22 heavy (non-hydrogen) atoms. The van der Waals surface area contributed by atoms with Crippen LogP contribution < -0.4 is 15.4 Å². The van der Waals surface area contributed by atoms with Crippen LogP contribution in [0.25, 0.3) is 0 Å². The van der Waals surface area contributed by atoms with Crippen LogP contribution in [0.5, 0.6) is 5.75 Å². The summed E-state index contributed by atoms with van der Waals surface area (Å²) in [4.78, 5) is 8.66. The van der Waals surface area contributed by atoms with Gasteiger partial charge in [-0.05, 0) is 18.2 Å². The Labute approximate surface area is 134 Å². The Kier molecular flexibility index (Phi) is 4.65. The first-order valence-electron chi connectivity index (χ1n) is 7.24. The van der Waals surface area contributed by atoms with Crippen LogP contribution in [0, 0.1) is 0 Å². The van der Waals surface area contributed by atoms with Crippen LogP contribution in [0.2, 0.25) is 5.02 Å². The number of nitrogens with one attached hydrogen (secondary N) is 1. The zero-order chi connectivity index (χ0) is 15.4. The van der Waals surface area contributed by atoms with Crippen molar-refractivity contribution < 1.29 is 4.74 Å². The zero-order valence-electron chi connectivity index (χ0n) is 12.2. The number of aromatic nitrogens is 3. The van der Waals surface area contributed by atoms with E-state index in [0.717, 1.165) is 44.4 Å². The van der Waals surface area contributed by atoms with E-state index in [0.29, 0.717) is 11.6 Å². The lowest BCUT2D eigenvalue weighted by atomic mass is 10.3. The van der Waals surface area contributed by atoms with Crippen molar-refractivity contribution >= 4 is 23.5 Å². The van der Waals surface area contributed by atoms with Crippen molar-refractivity contribution in [2.24, 2.45) is 0 Å². The van der Waals surface area contributed by atoms with E-state index in [2.05, 4.69) is 25.0 Å². The maximum Gasteiger partial charge on any atom is 0.241 e. The summed E-state index contributed by atoms with van der Waals surface area (Å²) in [7, 11) is 0. The fourth-order valence-electron chi connectivity index (χ4n) is 2.44. The summed E-state index contributed by atoms with van der Waals surface area (Å²) in [5.74, 6) is 1.84. The molecule has 3 rings (SSSR count). The third-order valence-corrected chi connectivity index (χ3v) is 3.87. The lowest BCUT2D eigenvalue weighted by Crippen LogP contribution is -2.47. The summed E-state index contributed by atoms with van der Waals surface area (Å²) in [6.07, 6.45) is 0. The van der Waals surface area contributed by atoms with E-state index in [4.69, 9.17) is 22.1 Å². The maximum absolute atomic E-state index is 5.93. The summed E-state index contributed by atoms with van der Waals surface area (Å²) >= 11 is 5.93. The van der Waals surface area contributed by atoms with E-state index >= 15 is 0 Å². The standard InChI is InChI=1S/C14H19ClN6O/c15-11-2-1-3-12(10-11)22-9-8-20-4-6-21(7-5-20)14-17-13(16)18-19-14/h1-3,10H,4-9H2,(H3,16,17,18,19). The molecule has 1 saturated heterocycles. The number of H-pyrrole nitrogens is 1. The smallest absolute Gasteiger partial charge is 0.241 e. The van der Waals surface area contributed by atoms with Crippen molar-refractivity contribution in [3.8, 4) is 5.75 Å². The number of anilines is 2. The normalized spacial score (nSPS) is 16.0. The molecule has 1 aliphatic heterocycles. The molecule has 2 aromatic rings. The largest absolute Gasteiger partial charge is 0.492 e. The average molecular weight is 323 g/mol. The van der Waals surface area contributed by atoms with Gasteiger partial charge in [-0.3, -0.25) is 4.90 Å². The van der Waals surface area contributed by atoms with E-state index in [1.165, 1.54) is 0 Å². The van der Waals surface area contributed by atoms with E-state index in [-0.39, 0.29) is 5.95 Å². The van der Waals surface area contributed by atoms with Gasteiger partial charge in [0.15, 0.2) is 0 Å². The van der Waals surface area contributed by atoms with Gasteiger partial charge >= 0.3 is 0 Å². The molecule has 1 aromatic heterocycles. The molecule has 1 aliphatic rings. The quantitative estimate of drug-likeness (QED) is 0.862. The number of ether oxygens (including phenoxy) is 1. The second kappa shape index (κ2) is 6.85.